The first-order valence-corrected chi connectivity index (χ1v) is 22.7. The second kappa shape index (κ2) is 18.3. The Kier molecular flexibility index (Phi) is 12.3. The van der Waals surface area contributed by atoms with Crippen LogP contribution in [0.1, 0.15) is 52.7 Å². The summed E-state index contributed by atoms with van der Waals surface area (Å²) >= 11 is 0. The molecule has 2 heterocycles. The standard InChI is InChI=1S/C62H52N3O.Pt/c1-61(2,3)50-30-28-45(29-31-50)52-33-32-51(62(4,5)6)40-57(52)65-56-22-15-21-53(59(56)64-60(65)54-20-13-14-23-58(54)66)48-36-47(42-18-11-8-12-19-42)37-49(38-48)55-39-46(34-35-63-55)44-26-24-43(25-27-44)41-16-9-7-10-17-41;/h7-37,39-40,66H,1-6H3;/q-1;. The third-order valence-corrected chi connectivity index (χ3v) is 12.6. The second-order valence-corrected chi connectivity index (χ2v) is 19.2. The molecule has 0 aliphatic rings. The molecular formula is C62H52N3OPt-. The minimum atomic E-state index is -0.125. The zero-order valence-electron chi connectivity index (χ0n) is 38.7. The van der Waals surface area contributed by atoms with Gasteiger partial charge in [0.05, 0.1) is 22.3 Å². The minimum absolute atomic E-state index is 0. The van der Waals surface area contributed by atoms with Gasteiger partial charge in [0.15, 0.2) is 0 Å². The molecule has 0 fully saturated rings. The maximum atomic E-state index is 11.6. The summed E-state index contributed by atoms with van der Waals surface area (Å²) in [5, 5.41) is 11.6. The van der Waals surface area contributed by atoms with E-state index in [9.17, 15) is 5.11 Å². The molecule has 0 amide bonds. The summed E-state index contributed by atoms with van der Waals surface area (Å²) in [4.78, 5) is 10.5. The summed E-state index contributed by atoms with van der Waals surface area (Å²) in [6, 6.07) is 71.7. The van der Waals surface area contributed by atoms with E-state index in [4.69, 9.17) is 9.97 Å². The van der Waals surface area contributed by atoms with Crippen molar-refractivity contribution >= 4 is 11.0 Å². The number of benzene rings is 8. The van der Waals surface area contributed by atoms with Crippen LogP contribution in [0.3, 0.4) is 0 Å². The van der Waals surface area contributed by atoms with Crippen molar-refractivity contribution in [3.05, 3.63) is 218 Å². The number of phenolic OH excluding ortho intramolecular Hbond substituents is 1. The smallest absolute Gasteiger partial charge is 0.148 e. The molecule has 1 N–H and O–H groups in total. The molecule has 5 heteroatoms. The van der Waals surface area contributed by atoms with Crippen LogP contribution in [0.4, 0.5) is 0 Å². The van der Waals surface area contributed by atoms with Crippen LogP contribution in [0.25, 0.3) is 95.0 Å². The molecular weight excluding hydrogens is 998 g/mol. The van der Waals surface area contributed by atoms with Gasteiger partial charge in [0.2, 0.25) is 0 Å². The molecule has 0 saturated heterocycles. The Hall–Kier alpha value is -7.13. The van der Waals surface area contributed by atoms with Gasteiger partial charge in [0, 0.05) is 38.5 Å². The Morgan fingerprint density at radius 3 is 1.66 bits per heavy atom. The average Bonchev–Trinajstić information content (AvgIpc) is 3.73. The number of hydrogen-bond acceptors (Lipinski definition) is 3. The number of imidazole rings is 1. The van der Waals surface area contributed by atoms with Gasteiger partial charge in [0.25, 0.3) is 0 Å². The molecule has 0 atom stereocenters. The van der Waals surface area contributed by atoms with Gasteiger partial charge >= 0.3 is 0 Å². The molecule has 8 aromatic carbocycles. The van der Waals surface area contributed by atoms with E-state index in [0.717, 1.165) is 72.5 Å². The Balaban J connectivity index is 0.00000562. The quantitative estimate of drug-likeness (QED) is 0.154. The molecule has 0 radical (unpaired) electrons. The zero-order chi connectivity index (χ0) is 45.6. The SMILES string of the molecule is CC(C)(C)c1ccc(-c2ccc(C(C)(C)C)cc2-n2c(-c3ccccc3O)nc3c(-c4[c-]c(-c5cc(-c6ccc(-c7ccccc7)cc6)ccn5)cc(-c5ccccc5)c4)cccc32)cc1.[Pt]. The first kappa shape index (κ1) is 45.0. The molecule has 332 valence electrons. The van der Waals surface area contributed by atoms with Crippen LogP contribution in [0.2, 0.25) is 0 Å². The van der Waals surface area contributed by atoms with E-state index in [1.165, 1.54) is 22.3 Å². The number of fused-ring (bicyclic) bond motifs is 1. The number of para-hydroxylation sites is 2. The summed E-state index contributed by atoms with van der Waals surface area (Å²) in [6.45, 7) is 13.5. The van der Waals surface area contributed by atoms with E-state index in [1.54, 1.807) is 6.07 Å². The third kappa shape index (κ3) is 9.07. The van der Waals surface area contributed by atoms with E-state index in [1.807, 2.05) is 36.5 Å². The average molecular weight is 1050 g/mol. The normalized spacial score (nSPS) is 11.7. The van der Waals surface area contributed by atoms with Gasteiger partial charge in [-0.2, -0.15) is 0 Å². The van der Waals surface area contributed by atoms with Crippen LogP contribution in [-0.2, 0) is 31.9 Å². The molecule has 67 heavy (non-hydrogen) atoms. The van der Waals surface area contributed by atoms with Crippen LogP contribution >= 0.6 is 0 Å². The summed E-state index contributed by atoms with van der Waals surface area (Å²) < 4.78 is 2.24. The fourth-order valence-corrected chi connectivity index (χ4v) is 8.87. The Morgan fingerprint density at radius 1 is 0.448 bits per heavy atom. The number of pyridine rings is 1. The summed E-state index contributed by atoms with van der Waals surface area (Å²) in [6.07, 6.45) is 1.89. The van der Waals surface area contributed by atoms with E-state index in [-0.39, 0.29) is 37.6 Å². The third-order valence-electron chi connectivity index (χ3n) is 12.6. The first-order valence-electron chi connectivity index (χ1n) is 22.7. The molecule has 4 nitrogen and oxygen atoms in total. The molecule has 10 aromatic rings. The van der Waals surface area contributed by atoms with Gasteiger partial charge in [0.1, 0.15) is 11.6 Å². The van der Waals surface area contributed by atoms with Gasteiger partial charge in [-0.15, -0.1) is 23.8 Å². The second-order valence-electron chi connectivity index (χ2n) is 19.2. The summed E-state index contributed by atoms with van der Waals surface area (Å²) in [5.74, 6) is 0.820. The van der Waals surface area contributed by atoms with Gasteiger partial charge < -0.3 is 5.11 Å². The van der Waals surface area contributed by atoms with Crippen LogP contribution in [-0.4, -0.2) is 19.6 Å². The van der Waals surface area contributed by atoms with E-state index in [0.29, 0.717) is 11.4 Å². The predicted molar refractivity (Wildman–Crippen MR) is 275 cm³/mol. The molecule has 0 unspecified atom stereocenters. The Bertz CT molecular complexity index is 3360. The predicted octanol–water partition coefficient (Wildman–Crippen LogP) is 16.2. The van der Waals surface area contributed by atoms with Crippen LogP contribution < -0.4 is 0 Å². The van der Waals surface area contributed by atoms with Crippen LogP contribution in [0, 0.1) is 6.07 Å². The maximum absolute atomic E-state index is 11.6. The van der Waals surface area contributed by atoms with Gasteiger partial charge in [-0.1, -0.05) is 210 Å². The Morgan fingerprint density at radius 2 is 1.00 bits per heavy atom. The Labute approximate surface area is 409 Å². The number of hydrogen-bond donors (Lipinski definition) is 1. The van der Waals surface area contributed by atoms with Crippen molar-refractivity contribution in [1.29, 1.82) is 0 Å². The largest absolute Gasteiger partial charge is 0.507 e. The summed E-state index contributed by atoms with van der Waals surface area (Å²) in [5.41, 5.74) is 18.2. The van der Waals surface area contributed by atoms with Crippen molar-refractivity contribution in [2.24, 2.45) is 0 Å². The molecule has 0 aliphatic heterocycles. The van der Waals surface area contributed by atoms with Gasteiger partial charge in [-0.05, 0) is 85.7 Å². The molecule has 0 spiro atoms. The minimum Gasteiger partial charge on any atom is -0.507 e. The van der Waals surface area contributed by atoms with Crippen molar-refractivity contribution < 1.29 is 26.2 Å². The van der Waals surface area contributed by atoms with Crippen LogP contribution in [0.5, 0.6) is 5.75 Å². The zero-order valence-corrected chi connectivity index (χ0v) is 40.9. The van der Waals surface area contributed by atoms with Crippen molar-refractivity contribution in [1.82, 2.24) is 14.5 Å². The van der Waals surface area contributed by atoms with Crippen molar-refractivity contribution in [2.75, 3.05) is 0 Å². The fraction of sp³-hybridized carbons (Fsp3) is 0.129. The number of aromatic nitrogens is 3. The van der Waals surface area contributed by atoms with E-state index < -0.39 is 0 Å². The van der Waals surface area contributed by atoms with E-state index in [2.05, 4.69) is 210 Å². The monoisotopic (exact) mass is 1050 g/mol. The molecule has 0 saturated carbocycles. The maximum Gasteiger partial charge on any atom is 0.148 e. The molecule has 0 bridgehead atoms. The van der Waals surface area contributed by atoms with Gasteiger partial charge in [-0.3, -0.25) is 9.55 Å². The number of nitrogens with zero attached hydrogens (tertiary/aromatic N) is 3. The number of phenols is 1. The van der Waals surface area contributed by atoms with E-state index >= 15 is 0 Å². The summed E-state index contributed by atoms with van der Waals surface area (Å²) in [7, 11) is 0. The first-order chi connectivity index (χ1) is 31.9. The van der Waals surface area contributed by atoms with Crippen molar-refractivity contribution in [3.63, 3.8) is 0 Å². The molecule has 10 rings (SSSR count). The molecule has 0 aliphatic carbocycles. The number of rotatable bonds is 8. The topological polar surface area (TPSA) is 50.9 Å². The van der Waals surface area contributed by atoms with Gasteiger partial charge in [-0.25, -0.2) is 4.98 Å². The van der Waals surface area contributed by atoms with Crippen molar-refractivity contribution in [2.45, 2.75) is 52.4 Å². The fourth-order valence-electron chi connectivity index (χ4n) is 8.87. The van der Waals surface area contributed by atoms with Crippen molar-refractivity contribution in [3.8, 4) is 89.7 Å². The number of aromatic hydroxyl groups is 1. The molecule has 2 aromatic heterocycles. The van der Waals surface area contributed by atoms with Crippen LogP contribution in [0.15, 0.2) is 200 Å².